The first-order chi connectivity index (χ1) is 15.8. The van der Waals surface area contributed by atoms with Crippen LogP contribution < -0.4 is 5.32 Å². The molecule has 3 heterocycles. The summed E-state index contributed by atoms with van der Waals surface area (Å²) >= 11 is 5.78. The Labute approximate surface area is 192 Å². The first kappa shape index (κ1) is 22.8. The molecular weight excluding hydrogens is 461 g/mol. The van der Waals surface area contributed by atoms with Crippen LogP contribution in [0.15, 0.2) is 18.2 Å². The van der Waals surface area contributed by atoms with Crippen molar-refractivity contribution in [2.24, 2.45) is 0 Å². The number of fused-ring (bicyclic) bond motifs is 3. The molecule has 2 aliphatic rings. The van der Waals surface area contributed by atoms with Gasteiger partial charge in [0.15, 0.2) is 0 Å². The van der Waals surface area contributed by atoms with E-state index in [1.165, 1.54) is 41.9 Å². The number of hydroxylamine groups is 2. The number of benzene rings is 1. The molecule has 1 aromatic heterocycles. The molecular formula is C20H21ClFN5O6. The molecule has 3 amide bonds. The third kappa shape index (κ3) is 4.71. The van der Waals surface area contributed by atoms with E-state index in [9.17, 15) is 18.8 Å². The molecule has 33 heavy (non-hydrogen) atoms. The summed E-state index contributed by atoms with van der Waals surface area (Å²) in [6.45, 7) is 0.548. The highest BCUT2D eigenvalue weighted by Gasteiger charge is 2.35. The molecule has 2 aromatic rings. The summed E-state index contributed by atoms with van der Waals surface area (Å²) in [5.74, 6) is -1.02. The molecule has 0 bridgehead atoms. The molecule has 0 saturated carbocycles. The van der Waals surface area contributed by atoms with Gasteiger partial charge in [0.1, 0.15) is 24.2 Å². The first-order valence-electron chi connectivity index (χ1n) is 10.0. The summed E-state index contributed by atoms with van der Waals surface area (Å²) in [7, 11) is 2.65. The predicted molar refractivity (Wildman–Crippen MR) is 112 cm³/mol. The number of hydrogen-bond donors (Lipinski definition) is 1. The van der Waals surface area contributed by atoms with E-state index in [-0.39, 0.29) is 24.7 Å². The lowest BCUT2D eigenvalue weighted by atomic mass is 10.1. The molecule has 4 rings (SSSR count). The third-order valence-electron chi connectivity index (χ3n) is 5.29. The van der Waals surface area contributed by atoms with Crippen molar-refractivity contribution in [3.05, 3.63) is 46.0 Å². The van der Waals surface area contributed by atoms with Gasteiger partial charge in [-0.3, -0.25) is 14.3 Å². The molecule has 1 N–H and O–H groups in total. The Morgan fingerprint density at radius 3 is 2.91 bits per heavy atom. The van der Waals surface area contributed by atoms with Crippen LogP contribution in [-0.2, 0) is 33.8 Å². The number of carbonyl (C=O) groups is 3. The highest BCUT2D eigenvalue weighted by Crippen LogP contribution is 2.27. The molecule has 1 unspecified atom stereocenters. The highest BCUT2D eigenvalue weighted by molar-refractivity contribution is 6.31. The van der Waals surface area contributed by atoms with Gasteiger partial charge in [-0.05, 0) is 18.2 Å². The van der Waals surface area contributed by atoms with Crippen molar-refractivity contribution in [2.45, 2.75) is 25.6 Å². The Balaban J connectivity index is 1.52. The molecule has 0 saturated heterocycles. The minimum Gasteiger partial charge on any atom is -0.438 e. The minimum atomic E-state index is -0.860. The van der Waals surface area contributed by atoms with Gasteiger partial charge in [-0.1, -0.05) is 11.6 Å². The zero-order valence-electron chi connectivity index (χ0n) is 17.8. The van der Waals surface area contributed by atoms with Gasteiger partial charge in [-0.25, -0.2) is 19.0 Å². The van der Waals surface area contributed by atoms with E-state index in [0.29, 0.717) is 35.6 Å². The number of carbonyl (C=O) groups excluding carboxylic acids is 3. The van der Waals surface area contributed by atoms with Gasteiger partial charge >= 0.3 is 12.2 Å². The molecule has 2 aliphatic heterocycles. The Kier molecular flexibility index (Phi) is 6.38. The maximum Gasteiger partial charge on any atom is 0.508 e. The topological polar surface area (TPSA) is 115 Å². The lowest BCUT2D eigenvalue weighted by Crippen LogP contribution is -2.39. The van der Waals surface area contributed by atoms with Crippen LogP contribution in [0, 0.1) is 5.82 Å². The maximum absolute atomic E-state index is 13.4. The summed E-state index contributed by atoms with van der Waals surface area (Å²) < 4.78 is 24.3. The number of halogens is 2. The number of amides is 3. The van der Waals surface area contributed by atoms with Gasteiger partial charge in [0.2, 0.25) is 0 Å². The number of aromatic nitrogens is 2. The van der Waals surface area contributed by atoms with Crippen molar-refractivity contribution >= 4 is 35.4 Å². The smallest absolute Gasteiger partial charge is 0.438 e. The molecule has 0 aliphatic carbocycles. The quantitative estimate of drug-likeness (QED) is 0.669. The van der Waals surface area contributed by atoms with Crippen molar-refractivity contribution in [2.75, 3.05) is 32.6 Å². The van der Waals surface area contributed by atoms with Crippen LogP contribution in [-0.4, -0.2) is 71.3 Å². The number of hydrogen-bond acceptors (Lipinski definition) is 7. The van der Waals surface area contributed by atoms with Crippen molar-refractivity contribution in [3.63, 3.8) is 0 Å². The van der Waals surface area contributed by atoms with Gasteiger partial charge in [0.25, 0.3) is 5.91 Å². The van der Waals surface area contributed by atoms with Gasteiger partial charge in [-0.15, -0.1) is 0 Å². The number of urea groups is 1. The SMILES string of the molecule is COC(=O)OCC1Cn2nc3c(c2C(=O)N(C)O1)CN(C(=O)Nc1ccc(F)c(Cl)c1)CC3. The summed E-state index contributed by atoms with van der Waals surface area (Å²) in [5.41, 5.74) is 1.97. The zero-order chi connectivity index (χ0) is 23.7. The van der Waals surface area contributed by atoms with Crippen LogP contribution in [0.1, 0.15) is 21.7 Å². The molecule has 0 radical (unpaired) electrons. The van der Waals surface area contributed by atoms with E-state index in [0.717, 1.165) is 5.06 Å². The molecule has 0 spiro atoms. The second-order valence-corrected chi connectivity index (χ2v) is 7.89. The largest absolute Gasteiger partial charge is 0.508 e. The second kappa shape index (κ2) is 9.24. The van der Waals surface area contributed by atoms with Crippen LogP contribution in [0.4, 0.5) is 19.7 Å². The van der Waals surface area contributed by atoms with E-state index in [1.807, 2.05) is 0 Å². The number of nitrogens with one attached hydrogen (secondary N) is 1. The average Bonchev–Trinajstić information content (AvgIpc) is 3.10. The summed E-state index contributed by atoms with van der Waals surface area (Å²) in [6, 6.07) is 3.48. The standard InChI is InChI=1S/C20H21ClFN5O6/c1-25-18(28)17-13-9-26(19(29)23-11-3-4-15(22)14(21)7-11)6-5-16(13)24-27(17)8-12(33-25)10-32-20(30)31-2/h3-4,7,12H,5-6,8-10H2,1-2H3,(H,23,29). The predicted octanol–water partition coefficient (Wildman–Crippen LogP) is 2.43. The fraction of sp³-hybridized carbons (Fsp3) is 0.400. The van der Waals surface area contributed by atoms with E-state index in [1.54, 1.807) is 0 Å². The molecule has 1 aromatic carbocycles. The molecule has 176 valence electrons. The van der Waals surface area contributed by atoms with Gasteiger partial charge in [0.05, 0.1) is 30.9 Å². The maximum atomic E-state index is 13.4. The number of anilines is 1. The van der Waals surface area contributed by atoms with Crippen molar-refractivity contribution < 1.29 is 33.1 Å². The van der Waals surface area contributed by atoms with Crippen molar-refractivity contribution in [1.29, 1.82) is 0 Å². The zero-order valence-corrected chi connectivity index (χ0v) is 18.6. The van der Waals surface area contributed by atoms with Gasteiger partial charge in [-0.2, -0.15) is 5.10 Å². The Hall–Kier alpha value is -3.38. The summed E-state index contributed by atoms with van der Waals surface area (Å²) in [4.78, 5) is 44.2. The number of rotatable bonds is 3. The number of ether oxygens (including phenoxy) is 2. The van der Waals surface area contributed by atoms with Crippen molar-refractivity contribution in [1.82, 2.24) is 19.7 Å². The highest BCUT2D eigenvalue weighted by atomic mass is 35.5. The monoisotopic (exact) mass is 481 g/mol. The lowest BCUT2D eigenvalue weighted by Gasteiger charge is -2.27. The summed E-state index contributed by atoms with van der Waals surface area (Å²) in [5, 5.41) is 8.18. The molecule has 13 heteroatoms. The second-order valence-electron chi connectivity index (χ2n) is 7.48. The fourth-order valence-electron chi connectivity index (χ4n) is 3.70. The Morgan fingerprint density at radius 1 is 1.39 bits per heavy atom. The number of nitrogens with zero attached hydrogens (tertiary/aromatic N) is 4. The normalized spacial score (nSPS) is 17.7. The lowest BCUT2D eigenvalue weighted by molar-refractivity contribution is -0.161. The van der Waals surface area contributed by atoms with Crippen LogP contribution in [0.2, 0.25) is 5.02 Å². The third-order valence-corrected chi connectivity index (χ3v) is 5.58. The Bertz CT molecular complexity index is 1110. The fourth-order valence-corrected chi connectivity index (χ4v) is 3.88. The van der Waals surface area contributed by atoms with E-state index >= 15 is 0 Å². The van der Waals surface area contributed by atoms with Gasteiger partial charge in [0, 0.05) is 31.3 Å². The van der Waals surface area contributed by atoms with E-state index in [4.69, 9.17) is 21.2 Å². The first-order valence-corrected chi connectivity index (χ1v) is 10.4. The van der Waals surface area contributed by atoms with Crippen LogP contribution in [0.25, 0.3) is 0 Å². The average molecular weight is 482 g/mol. The van der Waals surface area contributed by atoms with E-state index in [2.05, 4.69) is 15.2 Å². The Morgan fingerprint density at radius 2 is 2.18 bits per heavy atom. The molecule has 11 nitrogen and oxygen atoms in total. The van der Waals surface area contributed by atoms with E-state index < -0.39 is 30.0 Å². The van der Waals surface area contributed by atoms with Gasteiger partial charge < -0.3 is 19.7 Å². The molecule has 1 atom stereocenters. The molecule has 0 fully saturated rings. The summed E-state index contributed by atoms with van der Waals surface area (Å²) in [6.07, 6.45) is -1.09. The minimum absolute atomic E-state index is 0.102. The van der Waals surface area contributed by atoms with Crippen LogP contribution in [0.3, 0.4) is 0 Å². The number of methoxy groups -OCH3 is 1. The van der Waals surface area contributed by atoms with Crippen LogP contribution >= 0.6 is 11.6 Å². The van der Waals surface area contributed by atoms with Crippen LogP contribution in [0.5, 0.6) is 0 Å². The van der Waals surface area contributed by atoms with Crippen molar-refractivity contribution in [3.8, 4) is 0 Å².